The number of rotatable bonds is 5. The van der Waals surface area contributed by atoms with Crippen molar-refractivity contribution in [2.24, 2.45) is 4.99 Å². The lowest BCUT2D eigenvalue weighted by Gasteiger charge is -2.25. The number of thioether (sulfide) groups is 1. The van der Waals surface area contributed by atoms with Gasteiger partial charge in [-0.3, -0.25) is 4.99 Å². The van der Waals surface area contributed by atoms with Gasteiger partial charge in [-0.25, -0.2) is 0 Å². The molecule has 1 fully saturated rings. The first kappa shape index (κ1) is 17.8. The minimum atomic E-state index is 0.208. The Balaban J connectivity index is 1.19. The average molecular weight is 392 g/mol. The van der Waals surface area contributed by atoms with Crippen LogP contribution >= 0.6 is 11.8 Å². The highest BCUT2D eigenvalue weighted by atomic mass is 32.2. The van der Waals surface area contributed by atoms with Crippen LogP contribution < -0.4 is 4.74 Å². The molecular formula is C23H25N3OS. The highest BCUT2D eigenvalue weighted by Gasteiger charge is 2.30. The summed E-state index contributed by atoms with van der Waals surface area (Å²) in [5.74, 6) is 1.58. The molecule has 5 heteroatoms. The van der Waals surface area contributed by atoms with Crippen LogP contribution in [0.15, 0.2) is 69.5 Å². The fraction of sp³-hybridized carbons (Fsp3) is 0.348. The van der Waals surface area contributed by atoms with Crippen molar-refractivity contribution in [3.05, 3.63) is 70.8 Å². The molecule has 0 saturated carbocycles. The van der Waals surface area contributed by atoms with Crippen molar-refractivity contribution in [3.8, 4) is 5.75 Å². The van der Waals surface area contributed by atoms with Gasteiger partial charge in [0.1, 0.15) is 11.8 Å². The maximum Gasteiger partial charge on any atom is 0.122 e. The summed E-state index contributed by atoms with van der Waals surface area (Å²) >= 11 is 1.86. The number of aliphatic imine (C=N–C) groups is 1. The lowest BCUT2D eigenvalue weighted by atomic mass is 9.97. The molecule has 0 radical (unpaired) electrons. The Morgan fingerprint density at radius 2 is 1.89 bits per heavy atom. The van der Waals surface area contributed by atoms with Crippen LogP contribution in [0.25, 0.3) is 0 Å². The summed E-state index contributed by atoms with van der Waals surface area (Å²) < 4.78 is 5.56. The topological polar surface area (TPSA) is 28.1 Å². The monoisotopic (exact) mass is 391 g/mol. The number of hydrogen-bond donors (Lipinski definition) is 0. The molecular weight excluding hydrogens is 366 g/mol. The van der Waals surface area contributed by atoms with Crippen molar-refractivity contribution in [1.82, 2.24) is 9.80 Å². The van der Waals surface area contributed by atoms with Crippen molar-refractivity contribution >= 4 is 18.1 Å². The Kier molecular flexibility index (Phi) is 4.87. The predicted octanol–water partition coefficient (Wildman–Crippen LogP) is 4.52. The number of likely N-dealkylation sites (tertiary alicyclic amines) is 1. The Morgan fingerprint density at radius 1 is 1.07 bits per heavy atom. The fourth-order valence-corrected chi connectivity index (χ4v) is 5.59. The van der Waals surface area contributed by atoms with Crippen LogP contribution in [0.5, 0.6) is 5.75 Å². The summed E-state index contributed by atoms with van der Waals surface area (Å²) in [5, 5.41) is 0. The van der Waals surface area contributed by atoms with E-state index in [0.717, 1.165) is 31.9 Å². The summed E-state index contributed by atoms with van der Waals surface area (Å²) in [4.78, 5) is 12.3. The first-order chi connectivity index (χ1) is 13.8. The number of ether oxygens (including phenoxy) is 1. The molecule has 1 unspecified atom stereocenters. The summed E-state index contributed by atoms with van der Waals surface area (Å²) in [7, 11) is 1.77. The number of benzene rings is 2. The molecule has 0 amide bonds. The molecule has 1 saturated heterocycles. The van der Waals surface area contributed by atoms with E-state index < -0.39 is 0 Å². The first-order valence-electron chi connectivity index (χ1n) is 9.94. The number of fused-ring (bicyclic) bond motifs is 3. The molecule has 0 spiro atoms. The molecule has 4 nitrogen and oxygen atoms in total. The van der Waals surface area contributed by atoms with E-state index in [4.69, 9.17) is 9.73 Å². The van der Waals surface area contributed by atoms with E-state index in [1.165, 1.54) is 27.3 Å². The van der Waals surface area contributed by atoms with Crippen molar-refractivity contribution < 1.29 is 4.74 Å². The Hall–Kier alpha value is -2.24. The van der Waals surface area contributed by atoms with Crippen LogP contribution in [-0.2, 0) is 0 Å². The van der Waals surface area contributed by atoms with E-state index in [9.17, 15) is 0 Å². The molecule has 144 valence electrons. The number of methoxy groups -OCH3 is 1. The van der Waals surface area contributed by atoms with Gasteiger partial charge < -0.3 is 14.5 Å². The van der Waals surface area contributed by atoms with Crippen LogP contribution in [0.4, 0.5) is 0 Å². The smallest absolute Gasteiger partial charge is 0.122 e. The number of hydrogen-bond acceptors (Lipinski definition) is 5. The first-order valence-corrected chi connectivity index (χ1v) is 10.8. The summed E-state index contributed by atoms with van der Waals surface area (Å²) in [6.45, 7) is 4.29. The van der Waals surface area contributed by atoms with Gasteiger partial charge in [-0.2, -0.15) is 0 Å². The molecule has 0 aliphatic carbocycles. The third-order valence-electron chi connectivity index (χ3n) is 5.89. The molecule has 2 atom stereocenters. The van der Waals surface area contributed by atoms with Gasteiger partial charge in [0, 0.05) is 41.6 Å². The Labute approximate surface area is 170 Å². The number of nitrogens with zero attached hydrogens (tertiary/aromatic N) is 3. The van der Waals surface area contributed by atoms with E-state index in [1.807, 2.05) is 24.2 Å². The maximum atomic E-state index is 5.56. The quantitative estimate of drug-likeness (QED) is 0.749. The second-order valence-corrected chi connectivity index (χ2v) is 8.72. The van der Waals surface area contributed by atoms with E-state index in [1.54, 1.807) is 7.11 Å². The highest BCUT2D eigenvalue weighted by Crippen LogP contribution is 2.49. The molecule has 0 bridgehead atoms. The standard InChI is InChI=1S/C23H25N3OS/c1-27-20-8-4-2-6-18(20)17-10-11-25(14-17)12-13-26-15-22-23(24-16-26)19-7-3-5-9-21(19)28-22/h2-9,15-17,23H,10-14H2,1H3/t17?,23-/m0/s1. The third kappa shape index (κ3) is 3.33. The van der Waals surface area contributed by atoms with E-state index >= 15 is 0 Å². The van der Waals surface area contributed by atoms with Gasteiger partial charge in [-0.1, -0.05) is 48.2 Å². The average Bonchev–Trinajstić information content (AvgIpc) is 3.36. The van der Waals surface area contributed by atoms with Crippen molar-refractivity contribution in [2.75, 3.05) is 33.3 Å². The normalized spacial score (nSPS) is 23.5. The zero-order valence-electron chi connectivity index (χ0n) is 16.1. The third-order valence-corrected chi connectivity index (χ3v) is 7.05. The molecule has 3 aliphatic heterocycles. The van der Waals surface area contributed by atoms with Crippen LogP contribution in [0.2, 0.25) is 0 Å². The van der Waals surface area contributed by atoms with E-state index in [-0.39, 0.29) is 6.04 Å². The zero-order valence-corrected chi connectivity index (χ0v) is 16.9. The van der Waals surface area contributed by atoms with Crippen LogP contribution in [-0.4, -0.2) is 49.4 Å². The van der Waals surface area contributed by atoms with Gasteiger partial charge in [-0.05, 0) is 36.2 Å². The van der Waals surface area contributed by atoms with Crippen molar-refractivity contribution in [1.29, 1.82) is 0 Å². The van der Waals surface area contributed by atoms with Gasteiger partial charge in [0.05, 0.1) is 13.4 Å². The van der Waals surface area contributed by atoms with E-state index in [0.29, 0.717) is 5.92 Å². The molecule has 5 rings (SSSR count). The highest BCUT2D eigenvalue weighted by molar-refractivity contribution is 8.03. The van der Waals surface area contributed by atoms with Gasteiger partial charge >= 0.3 is 0 Å². The number of para-hydroxylation sites is 1. The lowest BCUT2D eigenvalue weighted by Crippen LogP contribution is -2.32. The Morgan fingerprint density at radius 3 is 2.79 bits per heavy atom. The molecule has 28 heavy (non-hydrogen) atoms. The fourth-order valence-electron chi connectivity index (χ4n) is 4.41. The molecule has 0 N–H and O–H groups in total. The van der Waals surface area contributed by atoms with Crippen LogP contribution in [0.1, 0.15) is 29.5 Å². The lowest BCUT2D eigenvalue weighted by molar-refractivity contribution is 0.311. The van der Waals surface area contributed by atoms with Crippen LogP contribution in [0.3, 0.4) is 0 Å². The summed E-state index contributed by atoms with van der Waals surface area (Å²) in [6, 6.07) is 17.3. The molecule has 2 aromatic rings. The largest absolute Gasteiger partial charge is 0.496 e. The minimum Gasteiger partial charge on any atom is -0.496 e. The molecule has 0 aromatic heterocycles. The second-order valence-electron chi connectivity index (χ2n) is 7.60. The van der Waals surface area contributed by atoms with Gasteiger partial charge in [0.15, 0.2) is 0 Å². The minimum absolute atomic E-state index is 0.208. The van der Waals surface area contributed by atoms with E-state index in [2.05, 4.69) is 58.5 Å². The van der Waals surface area contributed by atoms with Crippen molar-refractivity contribution in [3.63, 3.8) is 0 Å². The van der Waals surface area contributed by atoms with Gasteiger partial charge in [0.25, 0.3) is 0 Å². The molecule has 2 aromatic carbocycles. The van der Waals surface area contributed by atoms with Gasteiger partial charge in [0.2, 0.25) is 0 Å². The second kappa shape index (κ2) is 7.64. The predicted molar refractivity (Wildman–Crippen MR) is 115 cm³/mol. The Bertz CT molecular complexity index is 926. The summed E-state index contributed by atoms with van der Waals surface area (Å²) in [6.07, 6.45) is 5.50. The van der Waals surface area contributed by atoms with Gasteiger partial charge in [-0.15, -0.1) is 0 Å². The molecule has 3 aliphatic rings. The zero-order chi connectivity index (χ0) is 18.9. The molecule has 3 heterocycles. The van der Waals surface area contributed by atoms with Crippen LogP contribution in [0, 0.1) is 0 Å². The maximum absolute atomic E-state index is 5.56. The summed E-state index contributed by atoms with van der Waals surface area (Å²) in [5.41, 5.74) is 2.69. The SMILES string of the molecule is COc1ccccc1C1CCN(CCN2C=N[C@@H]3C(=C2)Sc2ccccc23)C1. The van der Waals surface area contributed by atoms with Crippen molar-refractivity contribution in [2.45, 2.75) is 23.3 Å².